The third kappa shape index (κ3) is 2.29. The Morgan fingerprint density at radius 1 is 1.14 bits per heavy atom. The summed E-state index contributed by atoms with van der Waals surface area (Å²) in [6, 6.07) is 6.64. The zero-order valence-electron chi connectivity index (χ0n) is 11.9. The Hall–Kier alpha value is -1.94. The second-order valence-electron chi connectivity index (χ2n) is 5.85. The minimum atomic E-state index is 0.267. The van der Waals surface area contributed by atoms with Crippen LogP contribution in [0.1, 0.15) is 41.2 Å². The summed E-state index contributed by atoms with van der Waals surface area (Å²) >= 11 is 0. The molecule has 2 aromatic rings. The molecule has 0 N–H and O–H groups in total. The van der Waals surface area contributed by atoms with E-state index in [1.165, 1.54) is 5.56 Å². The first kappa shape index (κ1) is 12.8. The van der Waals surface area contributed by atoms with Gasteiger partial charge in [0.2, 0.25) is 0 Å². The number of fused-ring (bicyclic) bond motifs is 1. The van der Waals surface area contributed by atoms with E-state index >= 15 is 0 Å². The lowest BCUT2D eigenvalue weighted by atomic mass is 10.0. The van der Waals surface area contributed by atoms with Gasteiger partial charge in [0.1, 0.15) is 0 Å². The van der Waals surface area contributed by atoms with Crippen molar-refractivity contribution in [2.24, 2.45) is 0 Å². The number of rotatable bonds is 2. The van der Waals surface area contributed by atoms with Gasteiger partial charge in [-0.15, -0.1) is 0 Å². The van der Waals surface area contributed by atoms with Crippen LogP contribution in [-0.4, -0.2) is 28.8 Å². The predicted octanol–water partition coefficient (Wildman–Crippen LogP) is 3.03. The van der Waals surface area contributed by atoms with Crippen LogP contribution in [0.15, 0.2) is 30.6 Å². The molecular weight excluding hydrogens is 264 g/mol. The molecule has 0 atom stereocenters. The van der Waals surface area contributed by atoms with E-state index in [1.807, 2.05) is 16.9 Å². The van der Waals surface area contributed by atoms with E-state index in [1.54, 1.807) is 0 Å². The highest BCUT2D eigenvalue weighted by Crippen LogP contribution is 2.29. The average molecular weight is 282 g/mol. The van der Waals surface area contributed by atoms with Gasteiger partial charge in [0.15, 0.2) is 5.78 Å². The monoisotopic (exact) mass is 282 g/mol. The topological polar surface area (TPSA) is 44.1 Å². The molecule has 4 heteroatoms. The van der Waals surface area contributed by atoms with Crippen LogP contribution in [0.3, 0.4) is 0 Å². The molecule has 2 heterocycles. The number of hydrogen-bond acceptors (Lipinski definition) is 3. The number of hydrogen-bond donors (Lipinski definition) is 0. The zero-order valence-corrected chi connectivity index (χ0v) is 11.9. The number of aromatic nitrogens is 2. The van der Waals surface area contributed by atoms with Crippen LogP contribution >= 0.6 is 0 Å². The van der Waals surface area contributed by atoms with E-state index in [0.717, 1.165) is 49.2 Å². The van der Waals surface area contributed by atoms with E-state index in [2.05, 4.69) is 23.4 Å². The van der Waals surface area contributed by atoms with E-state index < -0.39 is 0 Å². The van der Waals surface area contributed by atoms with Crippen molar-refractivity contribution < 1.29 is 9.53 Å². The normalized spacial score (nSPS) is 19.0. The van der Waals surface area contributed by atoms with Gasteiger partial charge >= 0.3 is 0 Å². The molecule has 2 aliphatic rings. The van der Waals surface area contributed by atoms with Gasteiger partial charge in [-0.3, -0.25) is 9.48 Å². The van der Waals surface area contributed by atoms with Crippen molar-refractivity contribution in [2.45, 2.75) is 31.7 Å². The zero-order chi connectivity index (χ0) is 14.2. The lowest BCUT2D eigenvalue weighted by Crippen LogP contribution is -2.19. The molecule has 0 saturated carbocycles. The first-order valence-electron chi connectivity index (χ1n) is 7.60. The molecule has 1 fully saturated rings. The maximum absolute atomic E-state index is 11.9. The maximum atomic E-state index is 11.9. The third-order valence-corrected chi connectivity index (χ3v) is 4.53. The summed E-state index contributed by atoms with van der Waals surface area (Å²) < 4.78 is 7.44. The number of carbonyl (C=O) groups is 1. The van der Waals surface area contributed by atoms with Crippen molar-refractivity contribution >= 4 is 5.78 Å². The molecule has 21 heavy (non-hydrogen) atoms. The van der Waals surface area contributed by atoms with Gasteiger partial charge in [-0.25, -0.2) is 0 Å². The van der Waals surface area contributed by atoms with E-state index in [0.29, 0.717) is 12.5 Å². The molecule has 0 spiro atoms. The van der Waals surface area contributed by atoms with E-state index in [-0.39, 0.29) is 5.78 Å². The molecule has 4 nitrogen and oxygen atoms in total. The van der Waals surface area contributed by atoms with Gasteiger partial charge < -0.3 is 4.74 Å². The summed E-state index contributed by atoms with van der Waals surface area (Å²) in [7, 11) is 0. The fraction of sp³-hybridized carbons (Fsp3) is 0.412. The minimum absolute atomic E-state index is 0.267. The number of ketones is 1. The van der Waals surface area contributed by atoms with Gasteiger partial charge in [0.25, 0.3) is 0 Å². The summed E-state index contributed by atoms with van der Waals surface area (Å²) in [5.74, 6) is 0.267. The molecule has 1 saturated heterocycles. The largest absolute Gasteiger partial charge is 0.381 e. The van der Waals surface area contributed by atoms with Crippen molar-refractivity contribution in [3.63, 3.8) is 0 Å². The summed E-state index contributed by atoms with van der Waals surface area (Å²) in [6.07, 6.45) is 7.57. The first-order chi connectivity index (χ1) is 10.3. The molecule has 1 aromatic heterocycles. The Balaban J connectivity index is 1.63. The van der Waals surface area contributed by atoms with Gasteiger partial charge in [-0.05, 0) is 36.5 Å². The highest BCUT2D eigenvalue weighted by atomic mass is 16.5. The van der Waals surface area contributed by atoms with E-state index in [9.17, 15) is 4.79 Å². The highest BCUT2D eigenvalue weighted by molar-refractivity contribution is 6.01. The van der Waals surface area contributed by atoms with Crippen molar-refractivity contribution in [1.82, 2.24) is 9.78 Å². The second kappa shape index (κ2) is 5.11. The third-order valence-electron chi connectivity index (χ3n) is 4.53. The summed E-state index contributed by atoms with van der Waals surface area (Å²) in [5.41, 5.74) is 4.25. The fourth-order valence-corrected chi connectivity index (χ4v) is 3.25. The lowest BCUT2D eigenvalue weighted by molar-refractivity contribution is 0.0662. The summed E-state index contributed by atoms with van der Waals surface area (Å²) in [5, 5.41) is 4.51. The standard InChI is InChI=1S/C17H18N2O2/c20-17-4-3-12-1-2-13(9-16(12)17)14-10-18-19(11-14)15-5-7-21-8-6-15/h1-2,9-11,15H,3-8H2. The molecule has 0 amide bonds. The smallest absolute Gasteiger partial charge is 0.163 e. The highest BCUT2D eigenvalue weighted by Gasteiger charge is 2.21. The van der Waals surface area contributed by atoms with E-state index in [4.69, 9.17) is 4.74 Å². The molecule has 0 bridgehead atoms. The summed E-state index contributed by atoms with van der Waals surface area (Å²) in [4.78, 5) is 11.9. The molecular formula is C17H18N2O2. The minimum Gasteiger partial charge on any atom is -0.381 e. The van der Waals surface area contributed by atoms with Gasteiger partial charge in [-0.2, -0.15) is 5.10 Å². The Kier molecular flexibility index (Phi) is 3.11. The molecule has 1 aliphatic heterocycles. The Morgan fingerprint density at radius 3 is 2.86 bits per heavy atom. The Morgan fingerprint density at radius 2 is 2.00 bits per heavy atom. The molecule has 1 aliphatic carbocycles. The second-order valence-corrected chi connectivity index (χ2v) is 5.85. The Bertz CT molecular complexity index is 684. The fourth-order valence-electron chi connectivity index (χ4n) is 3.25. The molecule has 108 valence electrons. The maximum Gasteiger partial charge on any atom is 0.163 e. The SMILES string of the molecule is O=C1CCc2ccc(-c3cnn(C4CCOCC4)c3)cc21. The van der Waals surface area contributed by atoms with Crippen LogP contribution in [0, 0.1) is 0 Å². The number of carbonyl (C=O) groups excluding carboxylic acids is 1. The Labute approximate surface area is 123 Å². The van der Waals surface area contributed by atoms with Gasteiger partial charge in [0, 0.05) is 37.0 Å². The number of ether oxygens (including phenoxy) is 1. The average Bonchev–Trinajstić information content (AvgIpc) is 3.16. The quantitative estimate of drug-likeness (QED) is 0.850. The molecule has 4 rings (SSSR count). The number of aryl methyl sites for hydroxylation is 1. The van der Waals surface area contributed by atoms with Crippen molar-refractivity contribution in [2.75, 3.05) is 13.2 Å². The van der Waals surface area contributed by atoms with Crippen LogP contribution in [0.25, 0.3) is 11.1 Å². The van der Waals surface area contributed by atoms with Crippen molar-refractivity contribution in [3.8, 4) is 11.1 Å². The molecule has 1 aromatic carbocycles. The first-order valence-corrected chi connectivity index (χ1v) is 7.60. The predicted molar refractivity (Wildman–Crippen MR) is 79.4 cm³/mol. The lowest BCUT2D eigenvalue weighted by Gasteiger charge is -2.22. The van der Waals surface area contributed by atoms with Crippen LogP contribution in [0.4, 0.5) is 0 Å². The van der Waals surface area contributed by atoms with Gasteiger partial charge in [0.05, 0.1) is 12.2 Å². The number of Topliss-reactive ketones (excluding diaryl/α,β-unsaturated/α-hetero) is 1. The summed E-state index contributed by atoms with van der Waals surface area (Å²) in [6.45, 7) is 1.63. The molecule has 0 unspecified atom stereocenters. The number of benzene rings is 1. The van der Waals surface area contributed by atoms with Crippen molar-refractivity contribution in [3.05, 3.63) is 41.7 Å². The van der Waals surface area contributed by atoms with Crippen LogP contribution in [0.5, 0.6) is 0 Å². The number of nitrogens with zero attached hydrogens (tertiary/aromatic N) is 2. The molecule has 0 radical (unpaired) electrons. The van der Waals surface area contributed by atoms with Gasteiger partial charge in [-0.1, -0.05) is 12.1 Å². The van der Waals surface area contributed by atoms with Crippen LogP contribution < -0.4 is 0 Å². The van der Waals surface area contributed by atoms with Crippen LogP contribution in [0.2, 0.25) is 0 Å². The van der Waals surface area contributed by atoms with Crippen LogP contribution in [-0.2, 0) is 11.2 Å². The van der Waals surface area contributed by atoms with Crippen molar-refractivity contribution in [1.29, 1.82) is 0 Å².